The number of imidazole rings is 1. The van der Waals surface area contributed by atoms with Gasteiger partial charge in [0.1, 0.15) is 23.2 Å². The van der Waals surface area contributed by atoms with Crippen molar-refractivity contribution in [2.75, 3.05) is 18.8 Å². The van der Waals surface area contributed by atoms with E-state index >= 15 is 0 Å². The van der Waals surface area contributed by atoms with Crippen LogP contribution in [-0.4, -0.2) is 53.7 Å². The molecule has 7 nitrogen and oxygen atoms in total. The first-order valence-corrected chi connectivity index (χ1v) is 8.14. The van der Waals surface area contributed by atoms with Gasteiger partial charge in [-0.25, -0.2) is 9.55 Å². The quantitative estimate of drug-likeness (QED) is 0.498. The molecule has 1 unspecified atom stereocenters. The fraction of sp³-hybridized carbons (Fsp3) is 0.667. The van der Waals surface area contributed by atoms with Crippen LogP contribution in [0.2, 0.25) is 0 Å². The Labute approximate surface area is 132 Å². The van der Waals surface area contributed by atoms with E-state index in [9.17, 15) is 15.2 Å². The smallest absolute Gasteiger partial charge is 0.342 e. The SMILES string of the molecule is Cc1ncc([N+](=O)[O-])n1CC(O)CSC(=S)N1CCCC1. The predicted octanol–water partition coefficient (Wildman–Crippen LogP) is 1.57. The molecule has 1 N–H and O–H groups in total. The number of aliphatic hydroxyl groups excluding tert-OH is 1. The molecule has 21 heavy (non-hydrogen) atoms. The lowest BCUT2D eigenvalue weighted by Crippen LogP contribution is -2.26. The van der Waals surface area contributed by atoms with Gasteiger partial charge in [0.15, 0.2) is 5.82 Å². The fourth-order valence-electron chi connectivity index (χ4n) is 2.25. The van der Waals surface area contributed by atoms with Gasteiger partial charge in [-0.15, -0.1) is 0 Å². The number of aliphatic hydroxyl groups is 1. The third-order valence-electron chi connectivity index (χ3n) is 3.38. The maximum atomic E-state index is 10.9. The van der Waals surface area contributed by atoms with E-state index in [1.807, 2.05) is 0 Å². The van der Waals surface area contributed by atoms with E-state index in [0.717, 1.165) is 30.3 Å². The molecular weight excluding hydrogens is 312 g/mol. The monoisotopic (exact) mass is 330 g/mol. The zero-order valence-electron chi connectivity index (χ0n) is 11.8. The van der Waals surface area contributed by atoms with Crippen molar-refractivity contribution < 1.29 is 10.0 Å². The summed E-state index contributed by atoms with van der Waals surface area (Å²) in [5.74, 6) is 0.843. The number of thioether (sulfide) groups is 1. The van der Waals surface area contributed by atoms with Gasteiger partial charge in [0.2, 0.25) is 0 Å². The van der Waals surface area contributed by atoms with E-state index in [4.69, 9.17) is 12.2 Å². The van der Waals surface area contributed by atoms with Gasteiger partial charge in [0.05, 0.1) is 0 Å². The zero-order chi connectivity index (χ0) is 15.4. The molecule has 2 heterocycles. The molecule has 2 rings (SSSR count). The Morgan fingerprint density at radius 2 is 2.29 bits per heavy atom. The van der Waals surface area contributed by atoms with Crippen molar-refractivity contribution in [3.63, 3.8) is 0 Å². The molecule has 116 valence electrons. The van der Waals surface area contributed by atoms with Crippen LogP contribution >= 0.6 is 24.0 Å². The molecule has 0 radical (unpaired) electrons. The maximum Gasteiger partial charge on any atom is 0.342 e. The second kappa shape index (κ2) is 7.19. The average molecular weight is 330 g/mol. The molecule has 1 aromatic heterocycles. The highest BCUT2D eigenvalue weighted by Crippen LogP contribution is 2.19. The first kappa shape index (κ1) is 16.2. The number of hydrogen-bond donors (Lipinski definition) is 1. The number of rotatable bonds is 5. The van der Waals surface area contributed by atoms with E-state index < -0.39 is 11.0 Å². The molecule has 0 aliphatic carbocycles. The van der Waals surface area contributed by atoms with E-state index in [2.05, 4.69) is 9.88 Å². The van der Waals surface area contributed by atoms with E-state index in [1.54, 1.807) is 6.92 Å². The number of aryl methyl sites for hydroxylation is 1. The summed E-state index contributed by atoms with van der Waals surface area (Å²) >= 11 is 6.75. The Kier molecular flexibility index (Phi) is 5.54. The van der Waals surface area contributed by atoms with Gasteiger partial charge >= 0.3 is 5.82 Å². The molecule has 0 bridgehead atoms. The largest absolute Gasteiger partial charge is 0.388 e. The third-order valence-corrected chi connectivity index (χ3v) is 5.05. The minimum atomic E-state index is -0.706. The molecular formula is C12H18N4O3S2. The number of nitro groups is 1. The minimum Gasteiger partial charge on any atom is -0.388 e. The molecule has 0 saturated carbocycles. The highest BCUT2D eigenvalue weighted by molar-refractivity contribution is 8.22. The summed E-state index contributed by atoms with van der Waals surface area (Å²) in [6.45, 7) is 3.79. The maximum absolute atomic E-state index is 10.9. The van der Waals surface area contributed by atoms with E-state index in [0.29, 0.717) is 11.6 Å². The molecule has 0 amide bonds. The van der Waals surface area contributed by atoms with E-state index in [-0.39, 0.29) is 12.4 Å². The summed E-state index contributed by atoms with van der Waals surface area (Å²) in [4.78, 5) is 16.5. The molecule has 1 aromatic rings. The van der Waals surface area contributed by atoms with Crippen molar-refractivity contribution in [3.8, 4) is 0 Å². The van der Waals surface area contributed by atoms with Crippen LogP contribution in [0.3, 0.4) is 0 Å². The van der Waals surface area contributed by atoms with Crippen molar-refractivity contribution in [2.45, 2.75) is 32.4 Å². The van der Waals surface area contributed by atoms with Crippen LogP contribution in [0.4, 0.5) is 5.82 Å². The lowest BCUT2D eigenvalue weighted by molar-refractivity contribution is -0.392. The Hall–Kier alpha value is -1.19. The van der Waals surface area contributed by atoms with Gasteiger partial charge in [-0.05, 0) is 17.8 Å². The lowest BCUT2D eigenvalue weighted by atomic mass is 10.4. The highest BCUT2D eigenvalue weighted by atomic mass is 32.2. The molecule has 9 heteroatoms. The molecule has 1 aliphatic rings. The Bertz CT molecular complexity index is 529. The van der Waals surface area contributed by atoms with Gasteiger partial charge in [-0.1, -0.05) is 24.0 Å². The Morgan fingerprint density at radius 3 is 2.90 bits per heavy atom. The number of thiocarbonyl (C=S) groups is 1. The van der Waals surface area contributed by atoms with Crippen molar-refractivity contribution >= 4 is 34.1 Å². The lowest BCUT2D eigenvalue weighted by Gasteiger charge is -2.18. The summed E-state index contributed by atoms with van der Waals surface area (Å²) in [7, 11) is 0. The Balaban J connectivity index is 1.87. The molecule has 1 saturated heterocycles. The van der Waals surface area contributed by atoms with Gasteiger partial charge in [-0.3, -0.25) is 0 Å². The summed E-state index contributed by atoms with van der Waals surface area (Å²) in [5.41, 5.74) is 0. The highest BCUT2D eigenvalue weighted by Gasteiger charge is 2.22. The summed E-state index contributed by atoms with van der Waals surface area (Å²) in [6.07, 6.45) is 2.82. The van der Waals surface area contributed by atoms with Crippen molar-refractivity contribution in [2.24, 2.45) is 0 Å². The van der Waals surface area contributed by atoms with Crippen LogP contribution < -0.4 is 0 Å². The third kappa shape index (κ3) is 4.14. The number of hydrogen-bond acceptors (Lipinski definition) is 6. The normalized spacial score (nSPS) is 16.2. The van der Waals surface area contributed by atoms with Gasteiger partial charge in [0, 0.05) is 25.8 Å². The number of nitrogens with zero attached hydrogens (tertiary/aromatic N) is 4. The van der Waals surface area contributed by atoms with Gasteiger partial charge < -0.3 is 20.1 Å². The number of aromatic nitrogens is 2. The summed E-state index contributed by atoms with van der Waals surface area (Å²) in [5, 5.41) is 21.0. The van der Waals surface area contributed by atoms with Crippen LogP contribution in [0.15, 0.2) is 6.20 Å². The Morgan fingerprint density at radius 1 is 1.62 bits per heavy atom. The zero-order valence-corrected chi connectivity index (χ0v) is 13.4. The second-order valence-corrected chi connectivity index (χ2v) is 6.61. The standard InChI is InChI=1S/C12H18N4O3S2/c1-9-13-6-11(16(18)19)15(9)7-10(17)8-21-12(20)14-4-2-3-5-14/h6,10,17H,2-5,7-8H2,1H3. The van der Waals surface area contributed by atoms with Crippen molar-refractivity contribution in [1.82, 2.24) is 14.5 Å². The van der Waals surface area contributed by atoms with Gasteiger partial charge in [-0.2, -0.15) is 0 Å². The van der Waals surface area contributed by atoms with Crippen LogP contribution in [0.5, 0.6) is 0 Å². The van der Waals surface area contributed by atoms with Crippen molar-refractivity contribution in [1.29, 1.82) is 0 Å². The summed E-state index contributed by atoms with van der Waals surface area (Å²) < 4.78 is 2.22. The molecule has 1 fully saturated rings. The van der Waals surface area contributed by atoms with Crippen LogP contribution in [-0.2, 0) is 6.54 Å². The van der Waals surface area contributed by atoms with Crippen LogP contribution in [0, 0.1) is 17.0 Å². The predicted molar refractivity (Wildman–Crippen MR) is 85.5 cm³/mol. The average Bonchev–Trinajstić information content (AvgIpc) is 3.07. The second-order valence-electron chi connectivity index (χ2n) is 4.96. The van der Waals surface area contributed by atoms with E-state index in [1.165, 1.54) is 22.5 Å². The van der Waals surface area contributed by atoms with Crippen LogP contribution in [0.25, 0.3) is 0 Å². The number of likely N-dealkylation sites (tertiary alicyclic amines) is 1. The molecule has 0 aromatic carbocycles. The molecule has 0 spiro atoms. The minimum absolute atomic E-state index is 0.0985. The first-order valence-electron chi connectivity index (χ1n) is 6.75. The summed E-state index contributed by atoms with van der Waals surface area (Å²) in [6, 6.07) is 0. The molecule has 1 aliphatic heterocycles. The topological polar surface area (TPSA) is 84.4 Å². The molecule has 1 atom stereocenters. The first-order chi connectivity index (χ1) is 9.99. The van der Waals surface area contributed by atoms with Crippen molar-refractivity contribution in [3.05, 3.63) is 22.1 Å². The van der Waals surface area contributed by atoms with Gasteiger partial charge in [0.25, 0.3) is 0 Å². The fourth-order valence-corrected chi connectivity index (χ4v) is 3.44. The van der Waals surface area contributed by atoms with Crippen LogP contribution in [0.1, 0.15) is 18.7 Å².